The maximum Gasteiger partial charge on any atom is 0.323 e. The highest BCUT2D eigenvalue weighted by molar-refractivity contribution is 6.00. The third-order valence-electron chi connectivity index (χ3n) is 2.43. The summed E-state index contributed by atoms with van der Waals surface area (Å²) in [5, 5.41) is 5.41. The third kappa shape index (κ3) is 2.82. The largest absolute Gasteiger partial charge is 0.464 e. The van der Waals surface area contributed by atoms with Crippen molar-refractivity contribution in [3.8, 4) is 0 Å². The SMILES string of the molecule is Cc1cc(NC(=O)Nc2cccc(N)c2)c(C)o1. The number of carbonyl (C=O) groups is 1. The zero-order valence-electron chi connectivity index (χ0n) is 10.3. The Morgan fingerprint density at radius 1 is 1.22 bits per heavy atom. The minimum absolute atomic E-state index is 0.329. The van der Waals surface area contributed by atoms with Crippen molar-refractivity contribution in [2.75, 3.05) is 16.4 Å². The zero-order valence-corrected chi connectivity index (χ0v) is 10.3. The predicted octanol–water partition coefficient (Wildman–Crippen LogP) is 3.12. The molecule has 1 heterocycles. The molecule has 0 spiro atoms. The summed E-state index contributed by atoms with van der Waals surface area (Å²) in [7, 11) is 0. The van der Waals surface area contributed by atoms with E-state index in [0.717, 1.165) is 5.76 Å². The topological polar surface area (TPSA) is 80.3 Å². The fourth-order valence-electron chi connectivity index (χ4n) is 1.66. The van der Waals surface area contributed by atoms with Gasteiger partial charge < -0.3 is 20.8 Å². The number of rotatable bonds is 2. The quantitative estimate of drug-likeness (QED) is 0.711. The second-order valence-corrected chi connectivity index (χ2v) is 4.03. The number of nitrogens with one attached hydrogen (secondary N) is 2. The van der Waals surface area contributed by atoms with Gasteiger partial charge in [-0.25, -0.2) is 4.79 Å². The number of aryl methyl sites for hydroxylation is 2. The van der Waals surface area contributed by atoms with Crippen LogP contribution in [0.3, 0.4) is 0 Å². The molecule has 0 atom stereocenters. The molecule has 0 saturated heterocycles. The Morgan fingerprint density at radius 2 is 2.00 bits per heavy atom. The summed E-state index contributed by atoms with van der Waals surface area (Å²) < 4.78 is 5.32. The van der Waals surface area contributed by atoms with Crippen molar-refractivity contribution in [1.29, 1.82) is 0 Å². The molecule has 0 bridgehead atoms. The van der Waals surface area contributed by atoms with Crippen molar-refractivity contribution in [1.82, 2.24) is 0 Å². The van der Waals surface area contributed by atoms with Crippen molar-refractivity contribution in [3.63, 3.8) is 0 Å². The van der Waals surface area contributed by atoms with E-state index in [1.165, 1.54) is 0 Å². The Kier molecular flexibility index (Phi) is 3.23. The normalized spacial score (nSPS) is 10.1. The maximum atomic E-state index is 11.7. The molecule has 4 N–H and O–H groups in total. The van der Waals surface area contributed by atoms with Gasteiger partial charge in [0.15, 0.2) is 0 Å². The number of carbonyl (C=O) groups excluding carboxylic acids is 1. The van der Waals surface area contributed by atoms with Gasteiger partial charge in [0.05, 0.1) is 5.69 Å². The van der Waals surface area contributed by atoms with Crippen LogP contribution >= 0.6 is 0 Å². The fraction of sp³-hybridized carbons (Fsp3) is 0.154. The fourth-order valence-corrected chi connectivity index (χ4v) is 1.66. The van der Waals surface area contributed by atoms with Crippen LogP contribution in [0.1, 0.15) is 11.5 Å². The lowest BCUT2D eigenvalue weighted by Crippen LogP contribution is -2.19. The summed E-state index contributed by atoms with van der Waals surface area (Å²) in [5.74, 6) is 1.43. The standard InChI is InChI=1S/C13H15N3O2/c1-8-6-12(9(2)18-8)16-13(17)15-11-5-3-4-10(14)7-11/h3-7H,14H2,1-2H3,(H2,15,16,17). The van der Waals surface area contributed by atoms with Crippen LogP contribution in [0.5, 0.6) is 0 Å². The van der Waals surface area contributed by atoms with Crippen molar-refractivity contribution < 1.29 is 9.21 Å². The number of furan rings is 1. The summed E-state index contributed by atoms with van der Waals surface area (Å²) in [6.45, 7) is 3.62. The number of hydrogen-bond acceptors (Lipinski definition) is 3. The smallest absolute Gasteiger partial charge is 0.323 e. The molecule has 0 aliphatic rings. The molecular formula is C13H15N3O2. The van der Waals surface area contributed by atoms with Gasteiger partial charge in [0, 0.05) is 17.4 Å². The van der Waals surface area contributed by atoms with Crippen molar-refractivity contribution in [2.45, 2.75) is 13.8 Å². The molecule has 0 aliphatic heterocycles. The van der Waals surface area contributed by atoms with E-state index in [1.807, 2.05) is 6.92 Å². The van der Waals surface area contributed by atoms with Crippen LogP contribution in [-0.2, 0) is 0 Å². The van der Waals surface area contributed by atoms with Gasteiger partial charge in [-0.15, -0.1) is 0 Å². The highest BCUT2D eigenvalue weighted by Crippen LogP contribution is 2.19. The van der Waals surface area contributed by atoms with Crippen LogP contribution in [0.2, 0.25) is 0 Å². The van der Waals surface area contributed by atoms with Crippen LogP contribution in [0.25, 0.3) is 0 Å². The first-order valence-electron chi connectivity index (χ1n) is 5.55. The van der Waals surface area contributed by atoms with Crippen LogP contribution in [0.4, 0.5) is 21.9 Å². The molecule has 1 aromatic carbocycles. The third-order valence-corrected chi connectivity index (χ3v) is 2.43. The van der Waals surface area contributed by atoms with Gasteiger partial charge in [-0.1, -0.05) is 6.07 Å². The van der Waals surface area contributed by atoms with Gasteiger partial charge in [0.1, 0.15) is 11.5 Å². The molecule has 0 unspecified atom stereocenters. The van der Waals surface area contributed by atoms with Gasteiger partial charge in [-0.2, -0.15) is 0 Å². The van der Waals surface area contributed by atoms with Crippen LogP contribution < -0.4 is 16.4 Å². The van der Waals surface area contributed by atoms with Crippen LogP contribution in [0, 0.1) is 13.8 Å². The Hall–Kier alpha value is -2.43. The van der Waals surface area contributed by atoms with Gasteiger partial charge in [-0.05, 0) is 32.0 Å². The molecule has 2 amide bonds. The lowest BCUT2D eigenvalue weighted by Gasteiger charge is -2.07. The zero-order chi connectivity index (χ0) is 13.1. The van der Waals surface area contributed by atoms with Crippen molar-refractivity contribution in [2.24, 2.45) is 0 Å². The van der Waals surface area contributed by atoms with Crippen molar-refractivity contribution >= 4 is 23.1 Å². The number of nitrogens with two attached hydrogens (primary N) is 1. The first kappa shape index (κ1) is 12.0. The predicted molar refractivity (Wildman–Crippen MR) is 71.7 cm³/mol. The molecule has 2 rings (SSSR count). The summed E-state index contributed by atoms with van der Waals surface area (Å²) >= 11 is 0. The lowest BCUT2D eigenvalue weighted by molar-refractivity contribution is 0.262. The molecule has 94 valence electrons. The molecule has 5 heteroatoms. The van der Waals surface area contributed by atoms with Gasteiger partial charge in [-0.3, -0.25) is 0 Å². The van der Waals surface area contributed by atoms with E-state index in [1.54, 1.807) is 37.3 Å². The average Bonchev–Trinajstić information content (AvgIpc) is 2.57. The number of nitrogen functional groups attached to an aromatic ring is 1. The van der Waals surface area contributed by atoms with Crippen LogP contribution in [0.15, 0.2) is 34.7 Å². The van der Waals surface area contributed by atoms with E-state index >= 15 is 0 Å². The van der Waals surface area contributed by atoms with E-state index in [0.29, 0.717) is 22.8 Å². The maximum absolute atomic E-state index is 11.7. The number of benzene rings is 1. The van der Waals surface area contributed by atoms with Gasteiger partial charge in [0.2, 0.25) is 0 Å². The monoisotopic (exact) mass is 245 g/mol. The second kappa shape index (κ2) is 4.83. The van der Waals surface area contributed by atoms with E-state index in [2.05, 4.69) is 10.6 Å². The Bertz CT molecular complexity index is 575. The first-order valence-corrected chi connectivity index (χ1v) is 5.55. The Morgan fingerprint density at radius 3 is 2.61 bits per heavy atom. The first-order chi connectivity index (χ1) is 8.54. The molecule has 0 saturated carbocycles. The van der Waals surface area contributed by atoms with E-state index in [-0.39, 0.29) is 6.03 Å². The van der Waals surface area contributed by atoms with E-state index < -0.39 is 0 Å². The lowest BCUT2D eigenvalue weighted by atomic mass is 10.3. The van der Waals surface area contributed by atoms with E-state index in [9.17, 15) is 4.79 Å². The summed E-state index contributed by atoms with van der Waals surface area (Å²) in [4.78, 5) is 11.7. The van der Waals surface area contributed by atoms with Crippen molar-refractivity contribution in [3.05, 3.63) is 41.9 Å². The molecule has 1 aromatic heterocycles. The molecule has 0 aliphatic carbocycles. The van der Waals surface area contributed by atoms with E-state index in [4.69, 9.17) is 10.2 Å². The minimum Gasteiger partial charge on any atom is -0.464 e. The highest BCUT2D eigenvalue weighted by atomic mass is 16.3. The summed E-state index contributed by atoms with van der Waals surface area (Å²) in [6, 6.07) is 8.43. The van der Waals surface area contributed by atoms with Crippen LogP contribution in [-0.4, -0.2) is 6.03 Å². The van der Waals surface area contributed by atoms with Gasteiger partial charge in [0.25, 0.3) is 0 Å². The molecule has 18 heavy (non-hydrogen) atoms. The molecule has 0 fully saturated rings. The molecular weight excluding hydrogens is 230 g/mol. The summed E-state index contributed by atoms with van der Waals surface area (Å²) in [6.07, 6.45) is 0. The minimum atomic E-state index is -0.329. The Balaban J connectivity index is 2.03. The second-order valence-electron chi connectivity index (χ2n) is 4.03. The summed E-state index contributed by atoms with van der Waals surface area (Å²) in [5.41, 5.74) is 7.53. The molecule has 2 aromatic rings. The highest BCUT2D eigenvalue weighted by Gasteiger charge is 2.08. The number of urea groups is 1. The molecule has 5 nitrogen and oxygen atoms in total. The Labute approximate surface area is 105 Å². The van der Waals surface area contributed by atoms with Gasteiger partial charge >= 0.3 is 6.03 Å². The number of anilines is 3. The number of amides is 2. The molecule has 0 radical (unpaired) electrons. The number of hydrogen-bond donors (Lipinski definition) is 3. The average molecular weight is 245 g/mol.